The number of rotatable bonds is 2. The Morgan fingerprint density at radius 3 is 2.80 bits per heavy atom. The molecule has 0 aliphatic heterocycles. The van der Waals surface area contributed by atoms with Crippen molar-refractivity contribution >= 4 is 11.6 Å². The summed E-state index contributed by atoms with van der Waals surface area (Å²) in [7, 11) is 1.66. The second-order valence-electron chi connectivity index (χ2n) is 3.44. The number of carbonyl (C=O) groups is 1. The Morgan fingerprint density at radius 1 is 1.60 bits per heavy atom. The molecule has 0 saturated heterocycles. The van der Waals surface area contributed by atoms with Crippen LogP contribution in [0, 0.1) is 19.3 Å². The zero-order valence-electron chi connectivity index (χ0n) is 8.95. The Balaban J connectivity index is 2.93. The third-order valence-corrected chi connectivity index (χ3v) is 2.20. The molecule has 0 aliphatic rings. The molecule has 0 atom stereocenters. The topological polar surface area (TPSA) is 46.3 Å². The van der Waals surface area contributed by atoms with Crippen LogP contribution in [0.1, 0.15) is 15.9 Å². The summed E-state index contributed by atoms with van der Waals surface area (Å²) in [6, 6.07) is 5.25. The first-order valence-corrected chi connectivity index (χ1v) is 4.61. The fraction of sp³-hybridized carbons (Fsp3) is 0.250. The first-order chi connectivity index (χ1) is 7.06. The summed E-state index contributed by atoms with van der Waals surface area (Å²) in [5.41, 5.74) is 7.87. The van der Waals surface area contributed by atoms with Crippen molar-refractivity contribution in [2.75, 3.05) is 19.3 Å². The molecule has 0 radical (unpaired) electrons. The lowest BCUT2D eigenvalue weighted by Gasteiger charge is -2.14. The van der Waals surface area contributed by atoms with Crippen molar-refractivity contribution in [3.8, 4) is 12.3 Å². The Kier molecular flexibility index (Phi) is 3.35. The maximum Gasteiger partial charge on any atom is 0.254 e. The predicted molar refractivity (Wildman–Crippen MR) is 61.4 cm³/mol. The average molecular weight is 202 g/mol. The van der Waals surface area contributed by atoms with Crippen LogP contribution in [0.15, 0.2) is 18.2 Å². The van der Waals surface area contributed by atoms with Crippen LogP contribution in [-0.2, 0) is 0 Å². The molecular formula is C12H14N2O. The van der Waals surface area contributed by atoms with E-state index in [0.29, 0.717) is 17.8 Å². The lowest BCUT2D eigenvalue weighted by atomic mass is 10.1. The number of amides is 1. The van der Waals surface area contributed by atoms with Crippen LogP contribution < -0.4 is 5.73 Å². The van der Waals surface area contributed by atoms with Crippen molar-refractivity contribution < 1.29 is 4.79 Å². The Hall–Kier alpha value is -1.95. The predicted octanol–water partition coefficient (Wildman–Crippen LogP) is 1.28. The normalized spacial score (nSPS) is 9.40. The van der Waals surface area contributed by atoms with Crippen molar-refractivity contribution in [3.05, 3.63) is 29.3 Å². The van der Waals surface area contributed by atoms with E-state index in [9.17, 15) is 4.79 Å². The van der Waals surface area contributed by atoms with Gasteiger partial charge < -0.3 is 10.6 Å². The number of aryl methyl sites for hydroxylation is 1. The van der Waals surface area contributed by atoms with E-state index in [1.54, 1.807) is 19.2 Å². The van der Waals surface area contributed by atoms with Gasteiger partial charge in [0.25, 0.3) is 5.91 Å². The quantitative estimate of drug-likeness (QED) is 0.580. The first kappa shape index (κ1) is 11.1. The number of nitrogen functional groups attached to an aromatic ring is 1. The van der Waals surface area contributed by atoms with Crippen molar-refractivity contribution in [3.63, 3.8) is 0 Å². The zero-order valence-corrected chi connectivity index (χ0v) is 8.95. The molecule has 1 rings (SSSR count). The van der Waals surface area contributed by atoms with Gasteiger partial charge in [-0.15, -0.1) is 6.42 Å². The van der Waals surface area contributed by atoms with Gasteiger partial charge in [-0.05, 0) is 24.6 Å². The van der Waals surface area contributed by atoms with E-state index < -0.39 is 0 Å². The Labute approximate surface area is 89.9 Å². The highest BCUT2D eigenvalue weighted by Gasteiger charge is 2.10. The highest BCUT2D eigenvalue weighted by molar-refractivity contribution is 5.95. The molecule has 0 aliphatic carbocycles. The summed E-state index contributed by atoms with van der Waals surface area (Å²) in [6.45, 7) is 2.20. The summed E-state index contributed by atoms with van der Waals surface area (Å²) in [5, 5.41) is 0. The van der Waals surface area contributed by atoms with E-state index in [2.05, 4.69) is 5.92 Å². The number of benzene rings is 1. The standard InChI is InChI=1S/C12H14N2O/c1-4-7-14(3)12(15)10-6-5-9(2)11(13)8-10/h1,5-6,8H,7,13H2,2-3H3. The Bertz CT molecular complexity index is 418. The molecule has 78 valence electrons. The van der Waals surface area contributed by atoms with Gasteiger partial charge in [0.15, 0.2) is 0 Å². The van der Waals surface area contributed by atoms with E-state index in [1.165, 1.54) is 4.90 Å². The van der Waals surface area contributed by atoms with Gasteiger partial charge in [0.05, 0.1) is 6.54 Å². The van der Waals surface area contributed by atoms with E-state index in [0.717, 1.165) is 5.56 Å². The van der Waals surface area contributed by atoms with Gasteiger partial charge in [0, 0.05) is 18.3 Å². The minimum Gasteiger partial charge on any atom is -0.398 e. The van der Waals surface area contributed by atoms with Crippen LogP contribution in [0.4, 0.5) is 5.69 Å². The second kappa shape index (κ2) is 4.52. The van der Waals surface area contributed by atoms with E-state index in [1.807, 2.05) is 13.0 Å². The fourth-order valence-corrected chi connectivity index (χ4v) is 1.20. The van der Waals surface area contributed by atoms with Crippen LogP contribution in [0.25, 0.3) is 0 Å². The van der Waals surface area contributed by atoms with Gasteiger partial charge in [-0.1, -0.05) is 12.0 Å². The van der Waals surface area contributed by atoms with E-state index in [4.69, 9.17) is 12.2 Å². The number of nitrogens with zero attached hydrogens (tertiary/aromatic N) is 1. The monoisotopic (exact) mass is 202 g/mol. The lowest BCUT2D eigenvalue weighted by Crippen LogP contribution is -2.27. The minimum absolute atomic E-state index is 0.111. The zero-order chi connectivity index (χ0) is 11.4. The number of carbonyl (C=O) groups excluding carboxylic acids is 1. The van der Waals surface area contributed by atoms with Gasteiger partial charge in [-0.2, -0.15) is 0 Å². The van der Waals surface area contributed by atoms with Crippen molar-refractivity contribution in [1.29, 1.82) is 0 Å². The summed E-state index contributed by atoms with van der Waals surface area (Å²) in [5.74, 6) is 2.31. The van der Waals surface area contributed by atoms with E-state index >= 15 is 0 Å². The SMILES string of the molecule is C#CCN(C)C(=O)c1ccc(C)c(N)c1. The molecule has 1 aromatic rings. The lowest BCUT2D eigenvalue weighted by molar-refractivity contribution is 0.0812. The van der Waals surface area contributed by atoms with Crippen molar-refractivity contribution in [2.24, 2.45) is 0 Å². The van der Waals surface area contributed by atoms with Gasteiger partial charge in [0.1, 0.15) is 0 Å². The molecule has 3 heteroatoms. The van der Waals surface area contributed by atoms with Crippen LogP contribution in [-0.4, -0.2) is 24.4 Å². The maximum absolute atomic E-state index is 11.8. The van der Waals surface area contributed by atoms with Gasteiger partial charge in [-0.3, -0.25) is 4.79 Å². The fourth-order valence-electron chi connectivity index (χ4n) is 1.20. The third-order valence-electron chi connectivity index (χ3n) is 2.20. The molecular weight excluding hydrogens is 188 g/mol. The molecule has 0 aromatic heterocycles. The molecule has 3 nitrogen and oxygen atoms in total. The Morgan fingerprint density at radius 2 is 2.27 bits per heavy atom. The summed E-state index contributed by atoms with van der Waals surface area (Å²) >= 11 is 0. The molecule has 0 unspecified atom stereocenters. The van der Waals surface area contributed by atoms with Crippen LogP contribution in [0.2, 0.25) is 0 Å². The minimum atomic E-state index is -0.111. The number of nitrogens with two attached hydrogens (primary N) is 1. The summed E-state index contributed by atoms with van der Waals surface area (Å²) in [6.07, 6.45) is 5.13. The molecule has 15 heavy (non-hydrogen) atoms. The van der Waals surface area contributed by atoms with Gasteiger partial charge >= 0.3 is 0 Å². The number of anilines is 1. The molecule has 0 saturated carbocycles. The second-order valence-corrected chi connectivity index (χ2v) is 3.44. The maximum atomic E-state index is 11.8. The number of hydrogen-bond acceptors (Lipinski definition) is 2. The molecule has 0 spiro atoms. The first-order valence-electron chi connectivity index (χ1n) is 4.61. The van der Waals surface area contributed by atoms with Crippen molar-refractivity contribution in [2.45, 2.75) is 6.92 Å². The molecule has 0 fully saturated rings. The highest BCUT2D eigenvalue weighted by atomic mass is 16.2. The molecule has 1 aromatic carbocycles. The molecule has 1 amide bonds. The van der Waals surface area contributed by atoms with Crippen LogP contribution in [0.3, 0.4) is 0 Å². The summed E-state index contributed by atoms with van der Waals surface area (Å²) in [4.78, 5) is 13.2. The number of hydrogen-bond donors (Lipinski definition) is 1. The van der Waals surface area contributed by atoms with Crippen LogP contribution >= 0.6 is 0 Å². The third kappa shape index (κ3) is 2.50. The summed E-state index contributed by atoms with van der Waals surface area (Å²) < 4.78 is 0. The molecule has 2 N–H and O–H groups in total. The van der Waals surface area contributed by atoms with Gasteiger partial charge in [-0.25, -0.2) is 0 Å². The van der Waals surface area contributed by atoms with Gasteiger partial charge in [0.2, 0.25) is 0 Å². The van der Waals surface area contributed by atoms with E-state index in [-0.39, 0.29) is 5.91 Å². The van der Waals surface area contributed by atoms with Crippen molar-refractivity contribution in [1.82, 2.24) is 4.90 Å². The number of terminal acetylenes is 1. The molecule has 0 bridgehead atoms. The average Bonchev–Trinajstić information content (AvgIpc) is 2.21. The molecule has 0 heterocycles. The highest BCUT2D eigenvalue weighted by Crippen LogP contribution is 2.14. The largest absolute Gasteiger partial charge is 0.398 e. The smallest absolute Gasteiger partial charge is 0.254 e. The van der Waals surface area contributed by atoms with Crippen LogP contribution in [0.5, 0.6) is 0 Å².